The van der Waals surface area contributed by atoms with Gasteiger partial charge in [-0.1, -0.05) is 36.0 Å². The minimum Gasteiger partial charge on any atom is -0.497 e. The summed E-state index contributed by atoms with van der Waals surface area (Å²) in [4.78, 5) is 12.5. The van der Waals surface area contributed by atoms with Gasteiger partial charge >= 0.3 is 0 Å². The van der Waals surface area contributed by atoms with Gasteiger partial charge in [-0.15, -0.1) is 10.2 Å². The van der Waals surface area contributed by atoms with Gasteiger partial charge in [-0.05, 0) is 38.1 Å². The first-order valence-corrected chi connectivity index (χ1v) is 9.05. The fraction of sp³-hybridized carbons (Fsp3) is 0.211. The van der Waals surface area contributed by atoms with Crippen molar-refractivity contribution < 1.29 is 9.53 Å². The Morgan fingerprint density at radius 1 is 1.15 bits per heavy atom. The minimum atomic E-state index is -0.340. The van der Waals surface area contributed by atoms with Gasteiger partial charge in [0.1, 0.15) is 11.6 Å². The molecule has 2 aromatic carbocycles. The second kappa shape index (κ2) is 8.05. The lowest BCUT2D eigenvalue weighted by Crippen LogP contribution is -2.22. The largest absolute Gasteiger partial charge is 0.497 e. The number of carbonyl (C=O) groups excluding carboxylic acids is 1. The summed E-state index contributed by atoms with van der Waals surface area (Å²) in [5.74, 6) is 1.37. The van der Waals surface area contributed by atoms with Crippen LogP contribution >= 0.6 is 11.8 Å². The van der Waals surface area contributed by atoms with E-state index in [-0.39, 0.29) is 11.2 Å². The summed E-state index contributed by atoms with van der Waals surface area (Å²) < 4.78 is 7.13. The van der Waals surface area contributed by atoms with E-state index in [0.717, 1.165) is 11.5 Å². The van der Waals surface area contributed by atoms with Crippen LogP contribution in [0.25, 0.3) is 5.69 Å². The molecule has 0 spiro atoms. The van der Waals surface area contributed by atoms with Gasteiger partial charge in [0.15, 0.2) is 5.16 Å². The number of benzene rings is 2. The van der Waals surface area contributed by atoms with Crippen LogP contribution in [0.15, 0.2) is 59.8 Å². The predicted octanol–water partition coefficient (Wildman–Crippen LogP) is 3.70. The third-order valence-corrected chi connectivity index (χ3v) is 4.84. The van der Waals surface area contributed by atoms with Crippen LogP contribution in [0.4, 0.5) is 5.69 Å². The molecule has 26 heavy (non-hydrogen) atoms. The standard InChI is InChI=1S/C19H20N4O2S/c1-13(18(24)20-15-8-7-11-17(12-15)25-3)26-19-22-21-14(2)23(19)16-9-5-4-6-10-16/h4-13H,1-3H3,(H,20,24). The van der Waals surface area contributed by atoms with Crippen molar-refractivity contribution in [1.29, 1.82) is 0 Å². The van der Waals surface area contributed by atoms with Crippen molar-refractivity contribution in [2.45, 2.75) is 24.3 Å². The Hall–Kier alpha value is -2.80. The lowest BCUT2D eigenvalue weighted by molar-refractivity contribution is -0.115. The van der Waals surface area contributed by atoms with Crippen LogP contribution in [-0.4, -0.2) is 33.0 Å². The van der Waals surface area contributed by atoms with Crippen LogP contribution in [0.2, 0.25) is 0 Å². The first kappa shape index (κ1) is 18.0. The zero-order valence-electron chi connectivity index (χ0n) is 14.8. The van der Waals surface area contributed by atoms with Gasteiger partial charge < -0.3 is 10.1 Å². The second-order valence-electron chi connectivity index (χ2n) is 5.68. The smallest absolute Gasteiger partial charge is 0.237 e. The Morgan fingerprint density at radius 3 is 2.65 bits per heavy atom. The molecule has 0 saturated heterocycles. The number of thioether (sulfide) groups is 1. The number of hydrogen-bond acceptors (Lipinski definition) is 5. The van der Waals surface area contributed by atoms with Crippen molar-refractivity contribution in [3.05, 3.63) is 60.4 Å². The predicted molar refractivity (Wildman–Crippen MR) is 103 cm³/mol. The fourth-order valence-corrected chi connectivity index (χ4v) is 3.36. The summed E-state index contributed by atoms with van der Waals surface area (Å²) in [7, 11) is 1.60. The van der Waals surface area contributed by atoms with E-state index in [1.807, 2.05) is 66.9 Å². The van der Waals surface area contributed by atoms with Gasteiger partial charge in [0.2, 0.25) is 5.91 Å². The van der Waals surface area contributed by atoms with E-state index >= 15 is 0 Å². The zero-order chi connectivity index (χ0) is 18.5. The first-order valence-electron chi connectivity index (χ1n) is 8.17. The Morgan fingerprint density at radius 2 is 1.92 bits per heavy atom. The van der Waals surface area contributed by atoms with Crippen molar-refractivity contribution >= 4 is 23.4 Å². The van der Waals surface area contributed by atoms with Crippen LogP contribution in [0.5, 0.6) is 5.75 Å². The molecule has 0 radical (unpaired) electrons. The van der Waals surface area contributed by atoms with Gasteiger partial charge in [0.05, 0.1) is 12.4 Å². The highest BCUT2D eigenvalue weighted by Crippen LogP contribution is 2.26. The molecule has 7 heteroatoms. The number of anilines is 1. The lowest BCUT2D eigenvalue weighted by Gasteiger charge is -2.13. The molecule has 0 aliphatic rings. The Bertz CT molecular complexity index is 896. The van der Waals surface area contributed by atoms with Crippen molar-refractivity contribution in [2.24, 2.45) is 0 Å². The summed E-state index contributed by atoms with van der Waals surface area (Å²) in [5.41, 5.74) is 1.67. The molecule has 1 aromatic heterocycles. The normalized spacial score (nSPS) is 11.8. The molecule has 0 saturated carbocycles. The minimum absolute atomic E-state index is 0.108. The molecule has 6 nitrogen and oxygen atoms in total. The number of para-hydroxylation sites is 1. The highest BCUT2D eigenvalue weighted by atomic mass is 32.2. The molecule has 0 aliphatic heterocycles. The van der Waals surface area contributed by atoms with Crippen LogP contribution in [0.1, 0.15) is 12.7 Å². The van der Waals surface area contributed by atoms with Crippen molar-refractivity contribution in [2.75, 3.05) is 12.4 Å². The highest BCUT2D eigenvalue weighted by Gasteiger charge is 2.20. The molecule has 1 atom stereocenters. The number of ether oxygens (including phenoxy) is 1. The van der Waals surface area contributed by atoms with E-state index in [1.165, 1.54) is 11.8 Å². The third kappa shape index (κ3) is 4.05. The van der Waals surface area contributed by atoms with E-state index in [1.54, 1.807) is 13.2 Å². The topological polar surface area (TPSA) is 69.0 Å². The molecule has 1 unspecified atom stereocenters. The number of aryl methyl sites for hydroxylation is 1. The average Bonchev–Trinajstić information content (AvgIpc) is 3.02. The summed E-state index contributed by atoms with van der Waals surface area (Å²) in [5, 5.41) is 11.6. The molecule has 1 heterocycles. The van der Waals surface area contributed by atoms with Crippen LogP contribution in [-0.2, 0) is 4.79 Å². The van der Waals surface area contributed by atoms with E-state index in [9.17, 15) is 4.79 Å². The summed E-state index contributed by atoms with van der Waals surface area (Å²) in [6, 6.07) is 17.1. The number of hydrogen-bond donors (Lipinski definition) is 1. The Balaban J connectivity index is 1.74. The number of rotatable bonds is 6. The number of aromatic nitrogens is 3. The van der Waals surface area contributed by atoms with Crippen molar-refractivity contribution in [3.8, 4) is 11.4 Å². The number of methoxy groups -OCH3 is 1. The molecule has 134 valence electrons. The molecule has 0 fully saturated rings. The van der Waals surface area contributed by atoms with Crippen LogP contribution in [0.3, 0.4) is 0 Å². The van der Waals surface area contributed by atoms with Crippen molar-refractivity contribution in [1.82, 2.24) is 14.8 Å². The maximum absolute atomic E-state index is 12.5. The SMILES string of the molecule is COc1cccc(NC(=O)C(C)Sc2nnc(C)n2-c2ccccc2)c1. The van der Waals surface area contributed by atoms with Crippen LogP contribution < -0.4 is 10.1 Å². The first-order chi connectivity index (χ1) is 12.6. The van der Waals surface area contributed by atoms with Crippen LogP contribution in [0, 0.1) is 6.92 Å². The summed E-state index contributed by atoms with van der Waals surface area (Å²) >= 11 is 1.37. The van der Waals surface area contributed by atoms with E-state index in [2.05, 4.69) is 15.5 Å². The number of nitrogens with one attached hydrogen (secondary N) is 1. The summed E-state index contributed by atoms with van der Waals surface area (Å²) in [6.07, 6.45) is 0. The van der Waals surface area contributed by atoms with E-state index in [0.29, 0.717) is 16.6 Å². The fourth-order valence-electron chi connectivity index (χ4n) is 2.45. The highest BCUT2D eigenvalue weighted by molar-refractivity contribution is 8.00. The Kier molecular flexibility index (Phi) is 5.58. The second-order valence-corrected chi connectivity index (χ2v) is 6.99. The maximum Gasteiger partial charge on any atom is 0.237 e. The quantitative estimate of drug-likeness (QED) is 0.672. The molecule has 1 amide bonds. The molecular formula is C19H20N4O2S. The molecule has 3 aromatic rings. The number of nitrogens with zero attached hydrogens (tertiary/aromatic N) is 3. The van der Waals surface area contributed by atoms with E-state index < -0.39 is 0 Å². The lowest BCUT2D eigenvalue weighted by atomic mass is 10.3. The molecule has 0 aliphatic carbocycles. The summed E-state index contributed by atoms with van der Waals surface area (Å²) in [6.45, 7) is 3.74. The molecular weight excluding hydrogens is 348 g/mol. The number of amides is 1. The Labute approximate surface area is 156 Å². The average molecular weight is 368 g/mol. The van der Waals surface area contributed by atoms with Gasteiger partial charge in [-0.2, -0.15) is 0 Å². The van der Waals surface area contributed by atoms with Gasteiger partial charge in [0, 0.05) is 17.4 Å². The van der Waals surface area contributed by atoms with Gasteiger partial charge in [0.25, 0.3) is 0 Å². The zero-order valence-corrected chi connectivity index (χ0v) is 15.7. The molecule has 3 rings (SSSR count). The monoisotopic (exact) mass is 368 g/mol. The third-order valence-electron chi connectivity index (χ3n) is 3.80. The molecule has 0 bridgehead atoms. The van der Waals surface area contributed by atoms with Crippen molar-refractivity contribution in [3.63, 3.8) is 0 Å². The van der Waals surface area contributed by atoms with Gasteiger partial charge in [-0.25, -0.2) is 0 Å². The van der Waals surface area contributed by atoms with Gasteiger partial charge in [-0.3, -0.25) is 9.36 Å². The van der Waals surface area contributed by atoms with E-state index in [4.69, 9.17) is 4.74 Å². The maximum atomic E-state index is 12.5. The molecule has 1 N–H and O–H groups in total. The number of carbonyl (C=O) groups is 1.